The fourth-order valence-corrected chi connectivity index (χ4v) is 4.39. The second-order valence-corrected chi connectivity index (χ2v) is 6.62. The Bertz CT molecular complexity index is 675. The van der Waals surface area contributed by atoms with E-state index in [2.05, 4.69) is 9.97 Å². The Labute approximate surface area is 99.4 Å². The molecule has 0 saturated carbocycles. The summed E-state index contributed by atoms with van der Waals surface area (Å²) < 4.78 is 25.7. The standard InChI is InChI=1S/C11H13N3O2S/c1-8-13-9-4-2-6-12-11(9)14(8)10-5-3-7-17(10,15)16/h2,4,6,10H,3,5,7H2,1H3. The molecular weight excluding hydrogens is 238 g/mol. The molecule has 0 bridgehead atoms. The lowest BCUT2D eigenvalue weighted by atomic mass is 10.3. The van der Waals surface area contributed by atoms with Gasteiger partial charge in [0.05, 0.1) is 5.75 Å². The van der Waals surface area contributed by atoms with Crippen LogP contribution in [0.15, 0.2) is 18.3 Å². The van der Waals surface area contributed by atoms with E-state index in [-0.39, 0.29) is 5.75 Å². The highest BCUT2D eigenvalue weighted by atomic mass is 32.2. The van der Waals surface area contributed by atoms with Crippen LogP contribution in [0, 0.1) is 6.92 Å². The molecule has 1 atom stereocenters. The highest BCUT2D eigenvalue weighted by molar-refractivity contribution is 7.91. The van der Waals surface area contributed by atoms with Crippen LogP contribution < -0.4 is 0 Å². The fraction of sp³-hybridized carbons (Fsp3) is 0.455. The summed E-state index contributed by atoms with van der Waals surface area (Å²) in [6.07, 6.45) is 3.05. The van der Waals surface area contributed by atoms with Crippen molar-refractivity contribution in [3.05, 3.63) is 24.2 Å². The van der Waals surface area contributed by atoms with Crippen LogP contribution in [0.1, 0.15) is 24.0 Å². The molecule has 1 aliphatic rings. The fourth-order valence-electron chi connectivity index (χ4n) is 2.45. The maximum absolute atomic E-state index is 12.0. The molecule has 0 spiro atoms. The lowest BCUT2D eigenvalue weighted by Gasteiger charge is -2.13. The maximum atomic E-state index is 12.0. The van der Waals surface area contributed by atoms with Crippen molar-refractivity contribution >= 4 is 21.0 Å². The molecule has 0 aliphatic carbocycles. The lowest BCUT2D eigenvalue weighted by molar-refractivity contribution is 0.555. The molecule has 3 heterocycles. The number of rotatable bonds is 1. The summed E-state index contributed by atoms with van der Waals surface area (Å²) in [7, 11) is -3.04. The van der Waals surface area contributed by atoms with Crippen LogP contribution in [0.2, 0.25) is 0 Å². The molecule has 90 valence electrons. The highest BCUT2D eigenvalue weighted by Gasteiger charge is 2.34. The Morgan fingerprint density at radius 3 is 3.00 bits per heavy atom. The molecule has 2 aromatic heterocycles. The molecule has 1 unspecified atom stereocenters. The maximum Gasteiger partial charge on any atom is 0.171 e. The van der Waals surface area contributed by atoms with Crippen molar-refractivity contribution in [2.75, 3.05) is 5.75 Å². The summed E-state index contributed by atoms with van der Waals surface area (Å²) in [4.78, 5) is 8.61. The molecule has 5 nitrogen and oxygen atoms in total. The molecule has 1 fully saturated rings. The molecule has 3 rings (SSSR count). The predicted octanol–water partition coefficient (Wildman–Crippen LogP) is 1.45. The zero-order valence-corrected chi connectivity index (χ0v) is 10.3. The van der Waals surface area contributed by atoms with Gasteiger partial charge in [0.15, 0.2) is 15.5 Å². The summed E-state index contributed by atoms with van der Waals surface area (Å²) in [6, 6.07) is 3.66. The van der Waals surface area contributed by atoms with Gasteiger partial charge in [0.1, 0.15) is 16.7 Å². The molecule has 2 aromatic rings. The van der Waals surface area contributed by atoms with Gasteiger partial charge in [-0.15, -0.1) is 0 Å². The number of pyridine rings is 1. The van der Waals surface area contributed by atoms with Crippen molar-refractivity contribution in [2.24, 2.45) is 0 Å². The van der Waals surface area contributed by atoms with Crippen LogP contribution in [-0.4, -0.2) is 28.7 Å². The first kappa shape index (κ1) is 10.7. The van der Waals surface area contributed by atoms with Gasteiger partial charge in [0, 0.05) is 6.20 Å². The van der Waals surface area contributed by atoms with Gasteiger partial charge < -0.3 is 0 Å². The number of nitrogens with zero attached hydrogens (tertiary/aromatic N) is 3. The minimum absolute atomic E-state index is 0.267. The van der Waals surface area contributed by atoms with Gasteiger partial charge in [-0.05, 0) is 31.9 Å². The van der Waals surface area contributed by atoms with Crippen molar-refractivity contribution in [3.8, 4) is 0 Å². The van der Waals surface area contributed by atoms with Crippen LogP contribution in [0.3, 0.4) is 0 Å². The molecular formula is C11H13N3O2S. The topological polar surface area (TPSA) is 64.8 Å². The van der Waals surface area contributed by atoms with Gasteiger partial charge in [-0.1, -0.05) is 0 Å². The second-order valence-electron chi connectivity index (χ2n) is 4.34. The monoisotopic (exact) mass is 251 g/mol. The molecule has 0 radical (unpaired) electrons. The van der Waals surface area contributed by atoms with Crippen LogP contribution in [0.25, 0.3) is 11.2 Å². The average Bonchev–Trinajstić information content (AvgIpc) is 2.77. The Hall–Kier alpha value is -1.43. The Morgan fingerprint density at radius 1 is 1.47 bits per heavy atom. The lowest BCUT2D eigenvalue weighted by Crippen LogP contribution is -2.17. The number of hydrogen-bond donors (Lipinski definition) is 0. The van der Waals surface area contributed by atoms with Crippen LogP contribution in [0.4, 0.5) is 0 Å². The van der Waals surface area contributed by atoms with Gasteiger partial charge in [0.2, 0.25) is 0 Å². The van der Waals surface area contributed by atoms with Crippen molar-refractivity contribution in [1.82, 2.24) is 14.5 Å². The number of aromatic nitrogens is 3. The van der Waals surface area contributed by atoms with E-state index in [1.165, 1.54) is 0 Å². The van der Waals surface area contributed by atoms with Gasteiger partial charge in [-0.3, -0.25) is 4.57 Å². The SMILES string of the molecule is Cc1nc2cccnc2n1C1CCCS1(=O)=O. The summed E-state index contributed by atoms with van der Waals surface area (Å²) in [6.45, 7) is 1.83. The third-order valence-corrected chi connectivity index (χ3v) is 5.34. The Kier molecular flexibility index (Phi) is 2.22. The minimum atomic E-state index is -3.04. The van der Waals surface area contributed by atoms with E-state index in [1.807, 2.05) is 19.1 Å². The van der Waals surface area contributed by atoms with Gasteiger partial charge >= 0.3 is 0 Å². The number of fused-ring (bicyclic) bond motifs is 1. The predicted molar refractivity (Wildman–Crippen MR) is 64.3 cm³/mol. The van der Waals surface area contributed by atoms with E-state index in [0.717, 1.165) is 11.9 Å². The summed E-state index contributed by atoms with van der Waals surface area (Å²) in [5.74, 6) is 0.984. The highest BCUT2D eigenvalue weighted by Crippen LogP contribution is 2.33. The zero-order chi connectivity index (χ0) is 12.0. The molecule has 17 heavy (non-hydrogen) atoms. The third kappa shape index (κ3) is 1.55. The van der Waals surface area contributed by atoms with E-state index >= 15 is 0 Å². The third-order valence-electron chi connectivity index (χ3n) is 3.21. The first-order valence-electron chi connectivity index (χ1n) is 5.61. The average molecular weight is 251 g/mol. The van der Waals surface area contributed by atoms with Gasteiger partial charge in [0.25, 0.3) is 0 Å². The second kappa shape index (κ2) is 3.53. The molecule has 6 heteroatoms. The molecule has 0 amide bonds. The van der Waals surface area contributed by atoms with E-state index in [9.17, 15) is 8.42 Å². The normalized spacial score (nSPS) is 23.2. The minimum Gasteiger partial charge on any atom is -0.295 e. The summed E-state index contributed by atoms with van der Waals surface area (Å²) in [5, 5.41) is -0.484. The number of hydrogen-bond acceptors (Lipinski definition) is 4. The number of sulfone groups is 1. The van der Waals surface area contributed by atoms with Crippen molar-refractivity contribution < 1.29 is 8.42 Å². The van der Waals surface area contributed by atoms with E-state index in [1.54, 1.807) is 10.8 Å². The van der Waals surface area contributed by atoms with Crippen LogP contribution in [-0.2, 0) is 9.84 Å². The number of aryl methyl sites for hydroxylation is 1. The van der Waals surface area contributed by atoms with Crippen molar-refractivity contribution in [2.45, 2.75) is 25.1 Å². The van der Waals surface area contributed by atoms with E-state index in [4.69, 9.17) is 0 Å². The molecule has 0 N–H and O–H groups in total. The summed E-state index contributed by atoms with van der Waals surface area (Å²) >= 11 is 0. The quantitative estimate of drug-likeness (QED) is 0.769. The van der Waals surface area contributed by atoms with E-state index in [0.29, 0.717) is 17.9 Å². The Morgan fingerprint density at radius 2 is 2.29 bits per heavy atom. The van der Waals surface area contributed by atoms with Crippen molar-refractivity contribution in [3.63, 3.8) is 0 Å². The van der Waals surface area contributed by atoms with Crippen LogP contribution in [0.5, 0.6) is 0 Å². The molecule has 0 aromatic carbocycles. The Balaban J connectivity index is 2.27. The smallest absolute Gasteiger partial charge is 0.171 e. The number of imidazole rings is 1. The van der Waals surface area contributed by atoms with E-state index < -0.39 is 15.2 Å². The molecule has 1 saturated heterocycles. The van der Waals surface area contributed by atoms with Crippen molar-refractivity contribution in [1.29, 1.82) is 0 Å². The molecule has 1 aliphatic heterocycles. The van der Waals surface area contributed by atoms with Gasteiger partial charge in [-0.2, -0.15) is 0 Å². The first-order chi connectivity index (χ1) is 8.09. The summed E-state index contributed by atoms with van der Waals surface area (Å²) in [5.41, 5.74) is 1.42. The zero-order valence-electron chi connectivity index (χ0n) is 9.50. The van der Waals surface area contributed by atoms with Crippen LogP contribution >= 0.6 is 0 Å². The van der Waals surface area contributed by atoms with Gasteiger partial charge in [-0.25, -0.2) is 18.4 Å². The first-order valence-corrected chi connectivity index (χ1v) is 7.32. The largest absolute Gasteiger partial charge is 0.295 e.